The van der Waals surface area contributed by atoms with Crippen LogP contribution in [0.2, 0.25) is 5.15 Å². The highest BCUT2D eigenvalue weighted by Crippen LogP contribution is 2.24. The van der Waals surface area contributed by atoms with Crippen molar-refractivity contribution < 1.29 is 4.74 Å². The molecule has 1 heterocycles. The Bertz CT molecular complexity index is 564. The number of hydrogen-bond donors (Lipinski definition) is 0. The minimum atomic E-state index is 0.399. The molecule has 2 nitrogen and oxygen atoms in total. The zero-order valence-electron chi connectivity index (χ0n) is 10.9. The summed E-state index contributed by atoms with van der Waals surface area (Å²) in [4.78, 5) is 4.42. The van der Waals surface area contributed by atoms with Crippen molar-refractivity contribution in [2.45, 2.75) is 44.8 Å². The number of para-hydroxylation sites is 1. The molecular weight excluding hydrogens is 258 g/mol. The molecule has 1 aliphatic rings. The fourth-order valence-electron chi connectivity index (χ4n) is 2.68. The van der Waals surface area contributed by atoms with Gasteiger partial charge in [0.2, 0.25) is 0 Å². The largest absolute Gasteiger partial charge is 0.373 e. The summed E-state index contributed by atoms with van der Waals surface area (Å²) >= 11 is 6.23. The van der Waals surface area contributed by atoms with Crippen molar-refractivity contribution in [2.75, 3.05) is 0 Å². The number of halogens is 1. The lowest BCUT2D eigenvalue weighted by Crippen LogP contribution is -2.16. The van der Waals surface area contributed by atoms with Gasteiger partial charge in [-0.05, 0) is 25.0 Å². The second-order valence-electron chi connectivity index (χ2n) is 5.20. The number of rotatable bonds is 3. The van der Waals surface area contributed by atoms with Crippen LogP contribution >= 0.6 is 11.6 Å². The standard InChI is InChI=1S/C16H18ClNO/c17-16-13(11-19-14-7-2-1-3-8-14)10-12-6-4-5-9-15(12)18-16/h4-6,9-10,14H,1-3,7-8,11H2. The third kappa shape index (κ3) is 3.07. The molecule has 19 heavy (non-hydrogen) atoms. The number of pyridine rings is 1. The van der Waals surface area contributed by atoms with Gasteiger partial charge >= 0.3 is 0 Å². The first-order chi connectivity index (χ1) is 9.33. The van der Waals surface area contributed by atoms with Gasteiger partial charge in [-0.1, -0.05) is 49.1 Å². The maximum Gasteiger partial charge on any atom is 0.135 e. The number of benzene rings is 1. The number of aromatic nitrogens is 1. The highest BCUT2D eigenvalue weighted by molar-refractivity contribution is 6.30. The van der Waals surface area contributed by atoms with Crippen molar-refractivity contribution in [3.8, 4) is 0 Å². The molecule has 0 spiro atoms. The van der Waals surface area contributed by atoms with Gasteiger partial charge < -0.3 is 4.74 Å². The van der Waals surface area contributed by atoms with E-state index < -0.39 is 0 Å². The Kier molecular flexibility index (Phi) is 4.00. The normalized spacial score (nSPS) is 16.9. The van der Waals surface area contributed by atoms with E-state index in [-0.39, 0.29) is 0 Å². The Morgan fingerprint density at radius 3 is 2.79 bits per heavy atom. The first-order valence-electron chi connectivity index (χ1n) is 6.99. The van der Waals surface area contributed by atoms with Crippen molar-refractivity contribution in [2.24, 2.45) is 0 Å². The van der Waals surface area contributed by atoms with Gasteiger partial charge in [0.1, 0.15) is 5.15 Å². The molecule has 0 saturated heterocycles. The molecule has 1 aromatic carbocycles. The Labute approximate surface area is 118 Å². The third-order valence-electron chi connectivity index (χ3n) is 3.78. The first-order valence-corrected chi connectivity index (χ1v) is 7.36. The Morgan fingerprint density at radius 2 is 1.95 bits per heavy atom. The molecule has 1 saturated carbocycles. The van der Waals surface area contributed by atoms with Crippen molar-refractivity contribution in [1.82, 2.24) is 4.98 Å². The summed E-state index contributed by atoms with van der Waals surface area (Å²) in [6.45, 7) is 0.571. The lowest BCUT2D eigenvalue weighted by Gasteiger charge is -2.22. The van der Waals surface area contributed by atoms with E-state index in [9.17, 15) is 0 Å². The van der Waals surface area contributed by atoms with E-state index in [1.165, 1.54) is 32.1 Å². The van der Waals surface area contributed by atoms with Crippen LogP contribution in [0.4, 0.5) is 0 Å². The van der Waals surface area contributed by atoms with Crippen LogP contribution in [0.5, 0.6) is 0 Å². The molecule has 2 aromatic rings. The zero-order chi connectivity index (χ0) is 13.1. The first kappa shape index (κ1) is 12.9. The van der Waals surface area contributed by atoms with Gasteiger partial charge in [-0.3, -0.25) is 0 Å². The van der Waals surface area contributed by atoms with Crippen LogP contribution in [0.3, 0.4) is 0 Å². The summed E-state index contributed by atoms with van der Waals surface area (Å²) in [6.07, 6.45) is 6.68. The molecule has 3 rings (SSSR count). The molecular formula is C16H18ClNO. The summed E-state index contributed by atoms with van der Waals surface area (Å²) in [6, 6.07) is 10.1. The highest BCUT2D eigenvalue weighted by Gasteiger charge is 2.14. The van der Waals surface area contributed by atoms with Crippen LogP contribution in [0.15, 0.2) is 30.3 Å². The van der Waals surface area contributed by atoms with Crippen LogP contribution in [-0.2, 0) is 11.3 Å². The minimum absolute atomic E-state index is 0.399. The Hall–Kier alpha value is -1.12. The summed E-state index contributed by atoms with van der Waals surface area (Å²) < 4.78 is 5.97. The molecule has 0 amide bonds. The van der Waals surface area contributed by atoms with Gasteiger partial charge in [0.25, 0.3) is 0 Å². The molecule has 0 radical (unpaired) electrons. The van der Waals surface area contributed by atoms with Crippen LogP contribution in [0.25, 0.3) is 10.9 Å². The van der Waals surface area contributed by atoms with Gasteiger partial charge in [0.05, 0.1) is 18.2 Å². The molecule has 0 unspecified atom stereocenters. The predicted molar refractivity (Wildman–Crippen MR) is 78.4 cm³/mol. The smallest absolute Gasteiger partial charge is 0.135 e. The minimum Gasteiger partial charge on any atom is -0.373 e. The Balaban J connectivity index is 1.74. The van der Waals surface area contributed by atoms with Gasteiger partial charge in [0.15, 0.2) is 0 Å². The van der Waals surface area contributed by atoms with Crippen LogP contribution in [0, 0.1) is 0 Å². The number of nitrogens with zero attached hydrogens (tertiary/aromatic N) is 1. The molecule has 100 valence electrons. The molecule has 1 aliphatic carbocycles. The number of fused-ring (bicyclic) bond motifs is 1. The van der Waals surface area contributed by atoms with E-state index in [0.29, 0.717) is 17.9 Å². The van der Waals surface area contributed by atoms with Crippen LogP contribution in [-0.4, -0.2) is 11.1 Å². The number of hydrogen-bond acceptors (Lipinski definition) is 2. The van der Waals surface area contributed by atoms with E-state index in [1.807, 2.05) is 18.2 Å². The SMILES string of the molecule is Clc1nc2ccccc2cc1COC1CCCCC1. The van der Waals surface area contributed by atoms with E-state index >= 15 is 0 Å². The van der Waals surface area contributed by atoms with E-state index in [1.54, 1.807) is 0 Å². The quantitative estimate of drug-likeness (QED) is 0.755. The third-order valence-corrected chi connectivity index (χ3v) is 4.10. The van der Waals surface area contributed by atoms with E-state index in [2.05, 4.69) is 17.1 Å². The molecule has 1 aromatic heterocycles. The highest BCUT2D eigenvalue weighted by atomic mass is 35.5. The topological polar surface area (TPSA) is 22.1 Å². The molecule has 0 atom stereocenters. The summed E-state index contributed by atoms with van der Waals surface area (Å²) in [7, 11) is 0. The van der Waals surface area contributed by atoms with Gasteiger partial charge in [-0.25, -0.2) is 4.98 Å². The van der Waals surface area contributed by atoms with E-state index in [4.69, 9.17) is 16.3 Å². The van der Waals surface area contributed by atoms with E-state index in [0.717, 1.165) is 16.5 Å². The van der Waals surface area contributed by atoms with Crippen LogP contribution < -0.4 is 0 Å². The maximum absolute atomic E-state index is 6.23. The second kappa shape index (κ2) is 5.89. The molecule has 0 N–H and O–H groups in total. The van der Waals surface area contributed by atoms with Crippen LogP contribution in [0.1, 0.15) is 37.7 Å². The average molecular weight is 276 g/mol. The lowest BCUT2D eigenvalue weighted by atomic mass is 9.98. The Morgan fingerprint density at radius 1 is 1.16 bits per heavy atom. The van der Waals surface area contributed by atoms with Crippen molar-refractivity contribution in [3.63, 3.8) is 0 Å². The summed E-state index contributed by atoms with van der Waals surface area (Å²) in [5.74, 6) is 0. The average Bonchev–Trinajstić information content (AvgIpc) is 2.46. The second-order valence-corrected chi connectivity index (χ2v) is 5.56. The molecule has 0 aliphatic heterocycles. The van der Waals surface area contributed by atoms with Crippen molar-refractivity contribution >= 4 is 22.5 Å². The summed E-state index contributed by atoms with van der Waals surface area (Å²) in [5.41, 5.74) is 1.93. The molecule has 1 fully saturated rings. The summed E-state index contributed by atoms with van der Waals surface area (Å²) in [5, 5.41) is 1.68. The number of ether oxygens (including phenoxy) is 1. The molecule has 3 heteroatoms. The fourth-order valence-corrected chi connectivity index (χ4v) is 2.88. The lowest BCUT2D eigenvalue weighted by molar-refractivity contribution is 0.0168. The van der Waals surface area contributed by atoms with Gasteiger partial charge in [-0.2, -0.15) is 0 Å². The fraction of sp³-hybridized carbons (Fsp3) is 0.438. The maximum atomic E-state index is 6.23. The van der Waals surface area contributed by atoms with Crippen molar-refractivity contribution in [3.05, 3.63) is 41.0 Å². The van der Waals surface area contributed by atoms with Gasteiger partial charge in [0, 0.05) is 10.9 Å². The van der Waals surface area contributed by atoms with Crippen molar-refractivity contribution in [1.29, 1.82) is 0 Å². The van der Waals surface area contributed by atoms with Gasteiger partial charge in [-0.15, -0.1) is 0 Å². The zero-order valence-corrected chi connectivity index (χ0v) is 11.7. The monoisotopic (exact) mass is 275 g/mol. The predicted octanol–water partition coefficient (Wildman–Crippen LogP) is 4.74. The molecule has 0 bridgehead atoms.